The van der Waals surface area contributed by atoms with Crippen LogP contribution in [-0.2, 0) is 12.7 Å². The monoisotopic (exact) mass is 571 g/mol. The van der Waals surface area contributed by atoms with Crippen molar-refractivity contribution in [1.82, 2.24) is 14.5 Å². The topological polar surface area (TPSA) is 59.4 Å². The number of hydrogen-bond acceptors (Lipinski definition) is 3. The van der Waals surface area contributed by atoms with Crippen molar-refractivity contribution in [1.29, 1.82) is 0 Å². The van der Waals surface area contributed by atoms with Crippen molar-refractivity contribution in [2.24, 2.45) is 16.1 Å². The maximum absolute atomic E-state index is 14.0. The number of nitrogens with zero attached hydrogens (tertiary/aromatic N) is 4. The molecule has 2 fully saturated rings. The molecule has 2 heterocycles. The van der Waals surface area contributed by atoms with Crippen LogP contribution in [0.15, 0.2) is 65.6 Å². The highest BCUT2D eigenvalue weighted by molar-refractivity contribution is 6.00. The van der Waals surface area contributed by atoms with Gasteiger partial charge in [0.2, 0.25) is 0 Å². The Hall–Kier alpha value is -3.36. The molecule has 1 aliphatic heterocycles. The molecule has 2 aliphatic rings. The van der Waals surface area contributed by atoms with Crippen molar-refractivity contribution in [2.45, 2.75) is 84.4 Å². The van der Waals surface area contributed by atoms with E-state index in [1.165, 1.54) is 31.7 Å². The molecule has 0 atom stereocenters. The quantitative estimate of drug-likeness (QED) is 0.143. The van der Waals surface area contributed by atoms with E-state index in [1.54, 1.807) is 6.20 Å². The Morgan fingerprint density at radius 1 is 1.20 bits per heavy atom. The van der Waals surface area contributed by atoms with Crippen LogP contribution in [0, 0.1) is 11.2 Å². The van der Waals surface area contributed by atoms with Crippen LogP contribution in [0.1, 0.15) is 83.0 Å². The summed E-state index contributed by atoms with van der Waals surface area (Å²) in [6.45, 7) is 12.6. The average molecular weight is 572 g/mol. The Bertz CT molecular complexity index is 1320. The van der Waals surface area contributed by atoms with E-state index < -0.39 is 17.6 Å². The first-order valence-corrected chi connectivity index (χ1v) is 14.5. The second kappa shape index (κ2) is 12.7. The maximum atomic E-state index is 14.0. The van der Waals surface area contributed by atoms with E-state index in [2.05, 4.69) is 28.0 Å². The summed E-state index contributed by atoms with van der Waals surface area (Å²) >= 11 is 0. The Kier molecular flexibility index (Phi) is 9.44. The van der Waals surface area contributed by atoms with Crippen molar-refractivity contribution < 1.29 is 17.6 Å². The molecule has 9 heteroatoms. The fourth-order valence-electron chi connectivity index (χ4n) is 6.11. The zero-order chi connectivity index (χ0) is 29.8. The third-order valence-corrected chi connectivity index (χ3v) is 8.62. The fourth-order valence-corrected chi connectivity index (χ4v) is 6.11. The Labute approximate surface area is 240 Å². The second-order valence-corrected chi connectivity index (χ2v) is 11.5. The molecular weight excluding hydrogens is 530 g/mol. The summed E-state index contributed by atoms with van der Waals surface area (Å²) in [6, 6.07) is 3.13. The largest absolute Gasteiger partial charge is 0.419 e. The van der Waals surface area contributed by atoms with Gasteiger partial charge in [0.15, 0.2) is 0 Å². The van der Waals surface area contributed by atoms with E-state index in [1.807, 2.05) is 32.2 Å². The Morgan fingerprint density at radius 3 is 2.49 bits per heavy atom. The molecule has 1 aromatic heterocycles. The highest BCUT2D eigenvalue weighted by Gasteiger charge is 2.35. The minimum Gasteiger partial charge on any atom is -0.383 e. The normalized spacial score (nSPS) is 19.0. The number of amidine groups is 1. The van der Waals surface area contributed by atoms with Crippen molar-refractivity contribution in [3.63, 3.8) is 0 Å². The van der Waals surface area contributed by atoms with E-state index in [-0.39, 0.29) is 16.9 Å². The average Bonchev–Trinajstić information content (AvgIpc) is 3.57. The van der Waals surface area contributed by atoms with Crippen LogP contribution in [0.5, 0.6) is 0 Å². The summed E-state index contributed by atoms with van der Waals surface area (Å²) in [7, 11) is 0. The van der Waals surface area contributed by atoms with Gasteiger partial charge in [0.1, 0.15) is 17.5 Å². The predicted molar refractivity (Wildman–Crippen MR) is 157 cm³/mol. The van der Waals surface area contributed by atoms with Crippen molar-refractivity contribution in [3.05, 3.63) is 77.8 Å². The number of aryl methyl sites for hydroxylation is 1. The van der Waals surface area contributed by atoms with Gasteiger partial charge in [0.25, 0.3) is 0 Å². The maximum Gasteiger partial charge on any atom is 0.419 e. The van der Waals surface area contributed by atoms with E-state index >= 15 is 0 Å². The number of imidazole rings is 1. The molecule has 1 saturated heterocycles. The van der Waals surface area contributed by atoms with Crippen molar-refractivity contribution in [2.75, 3.05) is 13.1 Å². The number of hydrogen-bond donors (Lipinski definition) is 1. The molecule has 5 nitrogen and oxygen atoms in total. The zero-order valence-electron chi connectivity index (χ0n) is 24.3. The lowest BCUT2D eigenvalue weighted by Gasteiger charge is -2.35. The number of nitrogens with two attached hydrogens (primary N) is 1. The highest BCUT2D eigenvalue weighted by atomic mass is 19.4. The summed E-state index contributed by atoms with van der Waals surface area (Å²) in [5, 5.41) is 0. The smallest absolute Gasteiger partial charge is 0.383 e. The van der Waals surface area contributed by atoms with Crippen LogP contribution in [-0.4, -0.2) is 33.4 Å². The van der Waals surface area contributed by atoms with Gasteiger partial charge in [0.05, 0.1) is 11.3 Å². The van der Waals surface area contributed by atoms with Crippen molar-refractivity contribution in [3.8, 4) is 11.3 Å². The Balaban J connectivity index is 1.58. The van der Waals surface area contributed by atoms with Gasteiger partial charge in [-0.2, -0.15) is 13.2 Å². The molecule has 0 bridgehead atoms. The van der Waals surface area contributed by atoms with E-state index in [9.17, 15) is 17.6 Å². The molecule has 0 unspecified atom stereocenters. The van der Waals surface area contributed by atoms with Crippen molar-refractivity contribution >= 4 is 5.84 Å². The first-order valence-electron chi connectivity index (χ1n) is 14.5. The molecule has 222 valence electrons. The molecule has 0 radical (unpaired) electrons. The predicted octanol–water partition coefficient (Wildman–Crippen LogP) is 8.21. The van der Waals surface area contributed by atoms with Crippen LogP contribution in [0.4, 0.5) is 17.6 Å². The molecule has 41 heavy (non-hydrogen) atoms. The standard InChI is InChI=1S/C32H41F4N5/c1-5-16-38-29(37)25(6-2)22(3)40-17-11-23(12-18-40)30-39-28(21-41(30)19-15-31(4)13-7-8-14-31)24-9-10-27(33)26(20-24)32(34,35)36/h5-6,9-10,16,20-21,23H,3,7-8,11-15,17-19H2,1-2,4H3,(H2,37,38)/b16-5?,25-6-. The lowest BCUT2D eigenvalue weighted by Crippen LogP contribution is -2.35. The van der Waals surface area contributed by atoms with E-state index in [0.29, 0.717) is 11.5 Å². The van der Waals surface area contributed by atoms with Gasteiger partial charge in [-0.25, -0.2) is 14.4 Å². The summed E-state index contributed by atoms with van der Waals surface area (Å²) < 4.78 is 56.5. The van der Waals surface area contributed by atoms with Gasteiger partial charge >= 0.3 is 6.18 Å². The van der Waals surface area contributed by atoms with Crippen LogP contribution in [0.2, 0.25) is 0 Å². The van der Waals surface area contributed by atoms with Crippen LogP contribution < -0.4 is 5.73 Å². The fraction of sp³-hybridized carbons (Fsp3) is 0.500. The first kappa shape index (κ1) is 30.6. The van der Waals surface area contributed by atoms with Gasteiger partial charge in [-0.1, -0.05) is 38.5 Å². The molecule has 2 N–H and O–H groups in total. The number of aromatic nitrogens is 2. The molecule has 2 aromatic rings. The molecule has 1 aliphatic carbocycles. The highest BCUT2D eigenvalue weighted by Crippen LogP contribution is 2.42. The number of halogens is 4. The molecule has 1 aromatic carbocycles. The molecule has 0 spiro atoms. The summed E-state index contributed by atoms with van der Waals surface area (Å²) in [6.07, 6.45) is 9.90. The van der Waals surface area contributed by atoms with Gasteiger partial charge in [-0.3, -0.25) is 0 Å². The third-order valence-electron chi connectivity index (χ3n) is 8.62. The molecule has 4 rings (SSSR count). The number of rotatable bonds is 9. The third kappa shape index (κ3) is 7.11. The molecule has 0 amide bonds. The minimum atomic E-state index is -4.77. The summed E-state index contributed by atoms with van der Waals surface area (Å²) in [5.74, 6) is 0.148. The number of likely N-dealkylation sites (tertiary alicyclic amines) is 1. The zero-order valence-corrected chi connectivity index (χ0v) is 24.3. The van der Waals surface area contributed by atoms with Gasteiger partial charge < -0.3 is 15.2 Å². The van der Waals surface area contributed by atoms with Crippen LogP contribution in [0.25, 0.3) is 11.3 Å². The lowest BCUT2D eigenvalue weighted by molar-refractivity contribution is -0.139. The van der Waals surface area contributed by atoms with E-state index in [0.717, 1.165) is 68.1 Å². The first-order chi connectivity index (χ1) is 19.5. The van der Waals surface area contributed by atoms with Crippen LogP contribution in [0.3, 0.4) is 0 Å². The number of allylic oxidation sites excluding steroid dienone is 2. The van der Waals surface area contributed by atoms with E-state index in [4.69, 9.17) is 10.7 Å². The van der Waals surface area contributed by atoms with Gasteiger partial charge in [-0.05, 0) is 69.6 Å². The second-order valence-electron chi connectivity index (χ2n) is 11.5. The van der Waals surface area contributed by atoms with Gasteiger partial charge in [-0.15, -0.1) is 0 Å². The molecular formula is C32H41F4N5. The number of piperidine rings is 1. The number of alkyl halides is 3. The number of aliphatic imine (C=N–C) groups is 1. The van der Waals surface area contributed by atoms with Crippen LogP contribution >= 0.6 is 0 Å². The SMILES string of the molecule is C=C(/C(=C/C)C(N)=NC=CC)N1CCC(c2nc(-c3ccc(F)c(C(F)(F)F)c3)cn2CCC2(C)CCCC2)CC1. The molecule has 1 saturated carbocycles. The Morgan fingerprint density at radius 2 is 1.88 bits per heavy atom. The summed E-state index contributed by atoms with van der Waals surface area (Å²) in [4.78, 5) is 11.4. The summed E-state index contributed by atoms with van der Waals surface area (Å²) in [5.41, 5.74) is 7.52. The lowest BCUT2D eigenvalue weighted by atomic mass is 9.85. The number of benzene rings is 1. The minimum absolute atomic E-state index is 0.134. The van der Waals surface area contributed by atoms with Gasteiger partial charge in [0, 0.05) is 54.8 Å².